The highest BCUT2D eigenvalue weighted by Crippen LogP contribution is 2.45. The number of likely N-dealkylation sites (tertiary alicyclic amines) is 2. The van der Waals surface area contributed by atoms with Crippen molar-refractivity contribution < 1.29 is 14.7 Å². The van der Waals surface area contributed by atoms with E-state index in [1.54, 1.807) is 0 Å². The van der Waals surface area contributed by atoms with Crippen LogP contribution in [0, 0.1) is 11.8 Å². The average Bonchev–Trinajstić information content (AvgIpc) is 3.24. The Hall–Kier alpha value is -2.86. The minimum Gasteiger partial charge on any atom is -0.480 e. The van der Waals surface area contributed by atoms with Crippen LogP contribution >= 0.6 is 0 Å². The molecule has 2 heterocycles. The lowest BCUT2D eigenvalue weighted by Crippen LogP contribution is -2.37. The molecule has 2 aromatic carbocycles. The number of carbonyl (C=O) groups excluding carboxylic acids is 1. The summed E-state index contributed by atoms with van der Waals surface area (Å²) in [6.45, 7) is 2.16. The van der Waals surface area contributed by atoms with Gasteiger partial charge in [0.15, 0.2) is 0 Å². The monoisotopic (exact) mass is 393 g/mol. The van der Waals surface area contributed by atoms with E-state index in [-0.39, 0.29) is 24.4 Å². The van der Waals surface area contributed by atoms with E-state index in [9.17, 15) is 9.59 Å². The number of aliphatic carboxylic acids is 1. The number of carboxylic acids is 1. The third-order valence-corrected chi connectivity index (χ3v) is 6.13. The SMILES string of the molecule is CN(C)c1ccc(C(=O)N2C[C@@H]3CN(CC(=O)O)C[C@@H]3[C@H]2c2ccccc2)cc1. The summed E-state index contributed by atoms with van der Waals surface area (Å²) >= 11 is 0. The van der Waals surface area contributed by atoms with Crippen molar-refractivity contribution in [1.82, 2.24) is 9.80 Å². The van der Waals surface area contributed by atoms with Gasteiger partial charge in [-0.15, -0.1) is 0 Å². The summed E-state index contributed by atoms with van der Waals surface area (Å²) in [5, 5.41) is 9.16. The van der Waals surface area contributed by atoms with Gasteiger partial charge in [-0.25, -0.2) is 0 Å². The zero-order chi connectivity index (χ0) is 20.5. The first-order chi connectivity index (χ1) is 13.9. The van der Waals surface area contributed by atoms with Gasteiger partial charge in [0.1, 0.15) is 0 Å². The molecule has 2 saturated heterocycles. The van der Waals surface area contributed by atoms with Crippen LogP contribution in [0.2, 0.25) is 0 Å². The molecule has 0 spiro atoms. The summed E-state index contributed by atoms with van der Waals surface area (Å²) in [6, 6.07) is 17.8. The van der Waals surface area contributed by atoms with Crippen LogP contribution in [0.15, 0.2) is 54.6 Å². The van der Waals surface area contributed by atoms with E-state index in [1.807, 2.05) is 71.3 Å². The van der Waals surface area contributed by atoms with Gasteiger partial charge in [0.2, 0.25) is 0 Å². The van der Waals surface area contributed by atoms with E-state index in [1.165, 1.54) is 0 Å². The van der Waals surface area contributed by atoms with E-state index in [4.69, 9.17) is 5.11 Å². The molecule has 2 aliphatic heterocycles. The molecule has 0 radical (unpaired) electrons. The molecule has 152 valence electrons. The first-order valence-electron chi connectivity index (χ1n) is 10.0. The Morgan fingerprint density at radius 3 is 2.31 bits per heavy atom. The van der Waals surface area contributed by atoms with Gasteiger partial charge >= 0.3 is 5.97 Å². The molecule has 0 saturated carbocycles. The van der Waals surface area contributed by atoms with Gasteiger partial charge in [0.25, 0.3) is 5.91 Å². The molecule has 6 nitrogen and oxygen atoms in total. The highest BCUT2D eigenvalue weighted by atomic mass is 16.4. The predicted molar refractivity (Wildman–Crippen MR) is 112 cm³/mol. The number of carbonyl (C=O) groups is 2. The second-order valence-electron chi connectivity index (χ2n) is 8.27. The molecule has 6 heteroatoms. The fraction of sp³-hybridized carbons (Fsp3) is 0.391. The molecular weight excluding hydrogens is 366 g/mol. The Morgan fingerprint density at radius 2 is 1.69 bits per heavy atom. The third kappa shape index (κ3) is 3.85. The standard InChI is InChI=1S/C23H27N3O3/c1-24(2)19-10-8-17(9-11-19)23(29)26-13-18-12-25(15-21(27)28)14-20(18)22(26)16-6-4-3-5-7-16/h3-11,18,20,22H,12-15H2,1-2H3,(H,27,28)/t18-,20-,22+/m0/s1. The quantitative estimate of drug-likeness (QED) is 0.846. The first kappa shape index (κ1) is 19.5. The number of carboxylic acid groups (broad SMARTS) is 1. The topological polar surface area (TPSA) is 64.1 Å². The van der Waals surface area contributed by atoms with E-state index in [0.29, 0.717) is 24.6 Å². The van der Waals surface area contributed by atoms with Crippen molar-refractivity contribution >= 4 is 17.6 Å². The molecule has 3 atom stereocenters. The summed E-state index contributed by atoms with van der Waals surface area (Å²) in [7, 11) is 3.96. The summed E-state index contributed by atoms with van der Waals surface area (Å²) in [5.74, 6) is -0.204. The second kappa shape index (κ2) is 7.87. The number of fused-ring (bicyclic) bond motifs is 1. The lowest BCUT2D eigenvalue weighted by Gasteiger charge is -2.30. The van der Waals surface area contributed by atoms with Crippen molar-refractivity contribution in [2.45, 2.75) is 6.04 Å². The molecule has 0 aliphatic carbocycles. The van der Waals surface area contributed by atoms with Crippen LogP contribution in [-0.2, 0) is 4.79 Å². The maximum atomic E-state index is 13.4. The van der Waals surface area contributed by atoms with Gasteiger partial charge in [0, 0.05) is 50.9 Å². The average molecular weight is 393 g/mol. The first-order valence-corrected chi connectivity index (χ1v) is 10.0. The Labute approximate surface area is 171 Å². The number of nitrogens with zero attached hydrogens (tertiary/aromatic N) is 3. The van der Waals surface area contributed by atoms with Crippen molar-refractivity contribution in [1.29, 1.82) is 0 Å². The lowest BCUT2D eigenvalue weighted by molar-refractivity contribution is -0.138. The number of hydrogen-bond donors (Lipinski definition) is 1. The third-order valence-electron chi connectivity index (χ3n) is 6.13. The van der Waals surface area contributed by atoms with Crippen LogP contribution in [0.4, 0.5) is 5.69 Å². The molecule has 2 aromatic rings. The number of hydrogen-bond acceptors (Lipinski definition) is 4. The predicted octanol–water partition coefficient (Wildman–Crippen LogP) is 2.58. The molecule has 2 aliphatic rings. The summed E-state index contributed by atoms with van der Waals surface area (Å²) < 4.78 is 0. The minimum absolute atomic E-state index is 0.0268. The molecule has 4 rings (SSSR count). The summed E-state index contributed by atoms with van der Waals surface area (Å²) in [6.07, 6.45) is 0. The molecule has 0 bridgehead atoms. The van der Waals surface area contributed by atoms with Gasteiger partial charge in [0.05, 0.1) is 12.6 Å². The molecule has 0 aromatic heterocycles. The fourth-order valence-electron chi connectivity index (χ4n) is 4.81. The van der Waals surface area contributed by atoms with Crippen molar-refractivity contribution in [3.8, 4) is 0 Å². The van der Waals surface area contributed by atoms with Crippen molar-refractivity contribution in [2.75, 3.05) is 45.2 Å². The highest BCUT2D eigenvalue weighted by Gasteiger charge is 2.49. The van der Waals surface area contributed by atoms with Gasteiger partial charge in [-0.1, -0.05) is 30.3 Å². The smallest absolute Gasteiger partial charge is 0.317 e. The summed E-state index contributed by atoms with van der Waals surface area (Å²) in [4.78, 5) is 30.6. The molecule has 0 unspecified atom stereocenters. The molecule has 1 amide bonds. The van der Waals surface area contributed by atoms with Crippen LogP contribution in [0.1, 0.15) is 22.0 Å². The summed E-state index contributed by atoms with van der Waals surface area (Å²) in [5.41, 5.74) is 2.87. The van der Waals surface area contributed by atoms with E-state index in [0.717, 1.165) is 17.8 Å². The minimum atomic E-state index is -0.796. The van der Waals surface area contributed by atoms with Crippen molar-refractivity contribution in [3.05, 3.63) is 65.7 Å². The van der Waals surface area contributed by atoms with Gasteiger partial charge in [-0.05, 0) is 35.7 Å². The number of rotatable bonds is 5. The highest BCUT2D eigenvalue weighted by molar-refractivity contribution is 5.95. The lowest BCUT2D eigenvalue weighted by atomic mass is 9.89. The van der Waals surface area contributed by atoms with Crippen molar-refractivity contribution in [2.24, 2.45) is 11.8 Å². The van der Waals surface area contributed by atoms with Gasteiger partial charge in [-0.3, -0.25) is 14.5 Å². The number of benzene rings is 2. The maximum Gasteiger partial charge on any atom is 0.317 e. The van der Waals surface area contributed by atoms with E-state index in [2.05, 4.69) is 12.1 Å². The fourth-order valence-corrected chi connectivity index (χ4v) is 4.81. The van der Waals surface area contributed by atoms with Crippen LogP contribution in [-0.4, -0.2) is 67.1 Å². The second-order valence-corrected chi connectivity index (χ2v) is 8.27. The molecule has 1 N–H and O–H groups in total. The van der Waals surface area contributed by atoms with Gasteiger partial charge in [-0.2, -0.15) is 0 Å². The Bertz CT molecular complexity index is 882. The zero-order valence-electron chi connectivity index (χ0n) is 16.9. The van der Waals surface area contributed by atoms with Crippen LogP contribution in [0.5, 0.6) is 0 Å². The Kier molecular flexibility index (Phi) is 5.28. The largest absolute Gasteiger partial charge is 0.480 e. The maximum absolute atomic E-state index is 13.4. The molecule has 29 heavy (non-hydrogen) atoms. The molecular formula is C23H27N3O3. The normalized spacial score (nSPS) is 23.8. The number of anilines is 1. The van der Waals surface area contributed by atoms with E-state index >= 15 is 0 Å². The molecule has 2 fully saturated rings. The zero-order valence-corrected chi connectivity index (χ0v) is 16.9. The van der Waals surface area contributed by atoms with Crippen LogP contribution in [0.25, 0.3) is 0 Å². The van der Waals surface area contributed by atoms with Crippen LogP contribution in [0.3, 0.4) is 0 Å². The Balaban J connectivity index is 1.61. The van der Waals surface area contributed by atoms with Crippen molar-refractivity contribution in [3.63, 3.8) is 0 Å². The van der Waals surface area contributed by atoms with Crippen LogP contribution < -0.4 is 4.90 Å². The van der Waals surface area contributed by atoms with Gasteiger partial charge < -0.3 is 14.9 Å². The van der Waals surface area contributed by atoms with E-state index < -0.39 is 5.97 Å². The number of amides is 1. The Morgan fingerprint density at radius 1 is 1.00 bits per heavy atom.